The van der Waals surface area contributed by atoms with Gasteiger partial charge in [-0.25, -0.2) is 0 Å². The molecule has 0 bridgehead atoms. The maximum absolute atomic E-state index is 11.8. The zero-order valence-electron chi connectivity index (χ0n) is 7.53. The van der Waals surface area contributed by atoms with Gasteiger partial charge in [0.1, 0.15) is 10.7 Å². The van der Waals surface area contributed by atoms with Gasteiger partial charge >= 0.3 is 6.18 Å². The van der Waals surface area contributed by atoms with Crippen LogP contribution in [0.15, 0.2) is 10.7 Å². The van der Waals surface area contributed by atoms with Crippen molar-refractivity contribution in [1.82, 2.24) is 0 Å². The third-order valence-corrected chi connectivity index (χ3v) is 1.82. The number of unbranched alkanes of at least 4 members (excludes halogenated alkanes) is 1. The second-order valence-electron chi connectivity index (χ2n) is 2.52. The second kappa shape index (κ2) is 6.06. The Labute approximate surface area is 88.2 Å². The highest BCUT2D eigenvalue weighted by Gasteiger charge is 2.40. The van der Waals surface area contributed by atoms with E-state index in [0.29, 0.717) is 6.61 Å². The van der Waals surface area contributed by atoms with Crippen molar-refractivity contribution in [3.8, 4) is 0 Å². The van der Waals surface area contributed by atoms with E-state index in [1.54, 1.807) is 0 Å². The highest BCUT2D eigenvalue weighted by molar-refractivity contribution is 9.12. The number of ketones is 1. The van der Waals surface area contributed by atoms with Crippen LogP contribution in [0, 0.1) is 0 Å². The van der Waals surface area contributed by atoms with Crippen molar-refractivity contribution in [1.29, 1.82) is 0 Å². The first kappa shape index (κ1) is 13.5. The molecule has 14 heavy (non-hydrogen) atoms. The standard InChI is InChI=1S/C8H10BrF3O2/c1-2-3-4-14-5-6(9)7(13)8(10,11)12/h5H,2-4H2,1H3. The summed E-state index contributed by atoms with van der Waals surface area (Å²) in [5, 5.41) is 0. The molecule has 0 unspecified atom stereocenters. The lowest BCUT2D eigenvalue weighted by Crippen LogP contribution is -2.22. The smallest absolute Gasteiger partial charge is 0.455 e. The van der Waals surface area contributed by atoms with E-state index in [-0.39, 0.29) is 0 Å². The molecule has 0 aromatic heterocycles. The van der Waals surface area contributed by atoms with Crippen LogP contribution < -0.4 is 0 Å². The summed E-state index contributed by atoms with van der Waals surface area (Å²) in [5.74, 6) is -1.94. The van der Waals surface area contributed by atoms with E-state index in [4.69, 9.17) is 4.74 Å². The summed E-state index contributed by atoms with van der Waals surface area (Å²) in [5.41, 5.74) is 0. The Hall–Kier alpha value is -0.520. The molecule has 0 rings (SSSR count). The summed E-state index contributed by atoms with van der Waals surface area (Å²) < 4.78 is 39.5. The van der Waals surface area contributed by atoms with Gasteiger partial charge in [0.05, 0.1) is 6.61 Å². The van der Waals surface area contributed by atoms with E-state index in [1.165, 1.54) is 0 Å². The van der Waals surface area contributed by atoms with Crippen LogP contribution in [0.3, 0.4) is 0 Å². The Morgan fingerprint density at radius 2 is 2.07 bits per heavy atom. The van der Waals surface area contributed by atoms with Crippen LogP contribution >= 0.6 is 15.9 Å². The van der Waals surface area contributed by atoms with Crippen LogP contribution in [-0.4, -0.2) is 18.6 Å². The molecule has 0 saturated heterocycles. The van der Waals surface area contributed by atoms with Crippen molar-refractivity contribution in [2.75, 3.05) is 6.61 Å². The fraction of sp³-hybridized carbons (Fsp3) is 0.625. The molecule has 0 fully saturated rings. The maximum atomic E-state index is 11.8. The molecule has 0 aliphatic rings. The number of rotatable bonds is 5. The van der Waals surface area contributed by atoms with Crippen LogP contribution in [0.2, 0.25) is 0 Å². The average molecular weight is 275 g/mol. The molecule has 2 nitrogen and oxygen atoms in total. The van der Waals surface area contributed by atoms with Gasteiger partial charge in [0.15, 0.2) is 0 Å². The van der Waals surface area contributed by atoms with Crippen LogP contribution in [0.4, 0.5) is 13.2 Å². The Morgan fingerprint density at radius 3 is 2.50 bits per heavy atom. The van der Waals surface area contributed by atoms with Gasteiger partial charge in [-0.05, 0) is 22.4 Å². The number of alkyl halides is 3. The molecule has 0 amide bonds. The summed E-state index contributed by atoms with van der Waals surface area (Å²) in [6.07, 6.45) is -2.47. The minimum atomic E-state index is -4.86. The van der Waals surface area contributed by atoms with E-state index in [2.05, 4.69) is 15.9 Å². The van der Waals surface area contributed by atoms with Crippen molar-refractivity contribution < 1.29 is 22.7 Å². The van der Waals surface area contributed by atoms with Gasteiger partial charge in [-0.2, -0.15) is 13.2 Å². The van der Waals surface area contributed by atoms with Gasteiger partial charge in [0, 0.05) is 0 Å². The molecule has 0 N–H and O–H groups in total. The maximum Gasteiger partial charge on any atom is 0.455 e. The van der Waals surface area contributed by atoms with Gasteiger partial charge in [-0.1, -0.05) is 13.3 Å². The predicted molar refractivity (Wildman–Crippen MR) is 48.9 cm³/mol. The first-order valence-electron chi connectivity index (χ1n) is 3.98. The highest BCUT2D eigenvalue weighted by atomic mass is 79.9. The van der Waals surface area contributed by atoms with E-state index >= 15 is 0 Å². The predicted octanol–water partition coefficient (Wildman–Crippen LogP) is 3.17. The molecule has 0 aliphatic heterocycles. The number of carbonyl (C=O) groups is 1. The lowest BCUT2D eigenvalue weighted by Gasteiger charge is -2.04. The lowest BCUT2D eigenvalue weighted by atomic mass is 10.3. The Kier molecular flexibility index (Phi) is 5.83. The van der Waals surface area contributed by atoms with Gasteiger partial charge < -0.3 is 4.74 Å². The third-order valence-electron chi connectivity index (χ3n) is 1.28. The van der Waals surface area contributed by atoms with Crippen LogP contribution in [0.5, 0.6) is 0 Å². The first-order chi connectivity index (χ1) is 6.39. The molecule has 0 atom stereocenters. The van der Waals surface area contributed by atoms with Crippen LogP contribution in [-0.2, 0) is 9.53 Å². The van der Waals surface area contributed by atoms with Crippen LogP contribution in [0.1, 0.15) is 19.8 Å². The number of ether oxygens (including phenoxy) is 1. The average Bonchev–Trinajstić information content (AvgIpc) is 2.09. The quantitative estimate of drug-likeness (QED) is 0.437. The summed E-state index contributed by atoms with van der Waals surface area (Å²) in [6, 6.07) is 0. The molecule has 0 spiro atoms. The van der Waals surface area contributed by atoms with E-state index in [1.807, 2.05) is 6.92 Å². The zero-order chi connectivity index (χ0) is 11.2. The number of hydrogen-bond donors (Lipinski definition) is 0. The number of carbonyl (C=O) groups excluding carboxylic acids is 1. The molecule has 82 valence electrons. The fourth-order valence-electron chi connectivity index (χ4n) is 0.549. The van der Waals surface area contributed by atoms with Gasteiger partial charge in [0.2, 0.25) is 0 Å². The number of Topliss-reactive ketones (excluding diaryl/α,β-unsaturated/α-hetero) is 1. The summed E-state index contributed by atoms with van der Waals surface area (Å²) in [7, 11) is 0. The highest BCUT2D eigenvalue weighted by Crippen LogP contribution is 2.23. The molecule has 0 heterocycles. The summed E-state index contributed by atoms with van der Waals surface area (Å²) in [6.45, 7) is 2.22. The normalized spacial score (nSPS) is 12.8. The van der Waals surface area contributed by atoms with Gasteiger partial charge in [-0.15, -0.1) is 0 Å². The summed E-state index contributed by atoms with van der Waals surface area (Å²) >= 11 is 2.50. The van der Waals surface area contributed by atoms with Crippen molar-refractivity contribution in [3.63, 3.8) is 0 Å². The second-order valence-corrected chi connectivity index (χ2v) is 3.37. The largest absolute Gasteiger partial charge is 0.500 e. The topological polar surface area (TPSA) is 26.3 Å². The first-order valence-corrected chi connectivity index (χ1v) is 4.77. The van der Waals surface area contributed by atoms with E-state index in [0.717, 1.165) is 19.1 Å². The molecule has 6 heteroatoms. The van der Waals surface area contributed by atoms with Crippen molar-refractivity contribution in [3.05, 3.63) is 10.7 Å². The zero-order valence-corrected chi connectivity index (χ0v) is 9.11. The molecule has 0 radical (unpaired) electrons. The Bertz CT molecular complexity index is 223. The third kappa shape index (κ3) is 5.26. The molecule has 0 aliphatic carbocycles. The molecule has 0 aromatic carbocycles. The number of allylic oxidation sites excluding steroid dienone is 1. The molecular weight excluding hydrogens is 265 g/mol. The molecule has 0 saturated carbocycles. The Morgan fingerprint density at radius 1 is 1.50 bits per heavy atom. The lowest BCUT2D eigenvalue weighted by molar-refractivity contribution is -0.165. The Balaban J connectivity index is 4.05. The van der Waals surface area contributed by atoms with Crippen molar-refractivity contribution in [2.45, 2.75) is 25.9 Å². The van der Waals surface area contributed by atoms with Crippen molar-refractivity contribution in [2.24, 2.45) is 0 Å². The van der Waals surface area contributed by atoms with Gasteiger partial charge in [0.25, 0.3) is 5.78 Å². The van der Waals surface area contributed by atoms with Crippen LogP contribution in [0.25, 0.3) is 0 Å². The minimum Gasteiger partial charge on any atom is -0.500 e. The fourth-order valence-corrected chi connectivity index (χ4v) is 0.906. The minimum absolute atomic E-state index is 0.302. The summed E-state index contributed by atoms with van der Waals surface area (Å²) in [4.78, 5) is 10.5. The van der Waals surface area contributed by atoms with E-state index in [9.17, 15) is 18.0 Å². The van der Waals surface area contributed by atoms with Crippen molar-refractivity contribution >= 4 is 21.7 Å². The number of hydrogen-bond acceptors (Lipinski definition) is 2. The molecular formula is C8H10BrF3O2. The SMILES string of the molecule is CCCCOC=C(Br)C(=O)C(F)(F)F. The van der Waals surface area contributed by atoms with Gasteiger partial charge in [-0.3, -0.25) is 4.79 Å². The van der Waals surface area contributed by atoms with E-state index < -0.39 is 16.4 Å². The number of halogens is 4. The monoisotopic (exact) mass is 274 g/mol. The molecule has 0 aromatic rings.